The van der Waals surface area contributed by atoms with Gasteiger partial charge in [0.15, 0.2) is 0 Å². The van der Waals surface area contributed by atoms with Crippen molar-refractivity contribution in [1.29, 1.82) is 0 Å². The fourth-order valence-electron chi connectivity index (χ4n) is 2.22. The molecular weight excluding hydrogens is 268 g/mol. The summed E-state index contributed by atoms with van der Waals surface area (Å²) < 4.78 is 0. The van der Waals surface area contributed by atoms with Gasteiger partial charge >= 0.3 is 0 Å². The molecule has 0 unspecified atom stereocenters. The number of hydrogen-bond acceptors (Lipinski definition) is 8. The zero-order valence-corrected chi connectivity index (χ0v) is 13.5. The van der Waals surface area contributed by atoms with E-state index in [-0.39, 0.29) is 5.95 Å². The first kappa shape index (κ1) is 15.7. The van der Waals surface area contributed by atoms with E-state index < -0.39 is 0 Å². The van der Waals surface area contributed by atoms with Gasteiger partial charge in [-0.1, -0.05) is 0 Å². The second-order valence-corrected chi connectivity index (χ2v) is 5.82. The number of nitrogens with zero attached hydrogens (tertiary/aromatic N) is 7. The molecule has 2 heterocycles. The van der Waals surface area contributed by atoms with Gasteiger partial charge in [-0.3, -0.25) is 4.90 Å². The molecule has 0 radical (unpaired) electrons. The van der Waals surface area contributed by atoms with E-state index >= 15 is 0 Å². The molecule has 21 heavy (non-hydrogen) atoms. The Labute approximate surface area is 126 Å². The topological polar surface area (TPSA) is 77.6 Å². The molecule has 2 rings (SSSR count). The normalized spacial score (nSPS) is 16.5. The zero-order chi connectivity index (χ0) is 15.4. The molecule has 0 saturated carbocycles. The van der Waals surface area contributed by atoms with E-state index in [1.54, 1.807) is 0 Å². The molecule has 0 atom stereocenters. The number of anilines is 3. The highest BCUT2D eigenvalue weighted by Gasteiger charge is 2.20. The number of nitrogens with two attached hydrogens (primary N) is 1. The minimum atomic E-state index is 0.277. The van der Waals surface area contributed by atoms with Crippen LogP contribution < -0.4 is 15.5 Å². The molecule has 0 spiro atoms. The van der Waals surface area contributed by atoms with Crippen molar-refractivity contribution >= 4 is 17.8 Å². The lowest BCUT2D eigenvalue weighted by Gasteiger charge is -2.35. The summed E-state index contributed by atoms with van der Waals surface area (Å²) in [5.74, 6) is 1.56. The summed E-state index contributed by atoms with van der Waals surface area (Å²) in [6.07, 6.45) is 0. The van der Waals surface area contributed by atoms with Crippen LogP contribution in [0.4, 0.5) is 17.8 Å². The first-order valence-corrected chi connectivity index (χ1v) is 7.26. The summed E-state index contributed by atoms with van der Waals surface area (Å²) in [5, 5.41) is 0. The van der Waals surface area contributed by atoms with Gasteiger partial charge in [-0.2, -0.15) is 15.0 Å². The molecule has 1 aliphatic heterocycles. The highest BCUT2D eigenvalue weighted by Crippen LogP contribution is 2.15. The van der Waals surface area contributed by atoms with Gasteiger partial charge in [-0.15, -0.1) is 0 Å². The van der Waals surface area contributed by atoms with E-state index in [0.29, 0.717) is 11.9 Å². The van der Waals surface area contributed by atoms with Gasteiger partial charge in [-0.05, 0) is 14.1 Å². The van der Waals surface area contributed by atoms with E-state index in [9.17, 15) is 0 Å². The van der Waals surface area contributed by atoms with Gasteiger partial charge in [0.05, 0.1) is 0 Å². The number of piperazine rings is 1. The third kappa shape index (κ3) is 4.40. The highest BCUT2D eigenvalue weighted by molar-refractivity contribution is 5.42. The predicted octanol–water partition coefficient (Wildman–Crippen LogP) is -0.797. The summed E-state index contributed by atoms with van der Waals surface area (Å²) >= 11 is 0. The Kier molecular flexibility index (Phi) is 5.13. The van der Waals surface area contributed by atoms with Crippen molar-refractivity contribution in [2.24, 2.45) is 0 Å². The minimum absolute atomic E-state index is 0.277. The van der Waals surface area contributed by atoms with Crippen molar-refractivity contribution in [3.8, 4) is 0 Å². The summed E-state index contributed by atoms with van der Waals surface area (Å²) in [7, 11) is 8.01. The van der Waals surface area contributed by atoms with Crippen molar-refractivity contribution < 1.29 is 0 Å². The first-order valence-electron chi connectivity index (χ1n) is 7.26. The smallest absolute Gasteiger partial charge is 0.232 e. The first-order chi connectivity index (χ1) is 9.95. The minimum Gasteiger partial charge on any atom is -0.368 e. The van der Waals surface area contributed by atoms with Crippen molar-refractivity contribution in [2.45, 2.75) is 0 Å². The highest BCUT2D eigenvalue weighted by atomic mass is 15.4. The van der Waals surface area contributed by atoms with Crippen molar-refractivity contribution in [1.82, 2.24) is 24.8 Å². The van der Waals surface area contributed by atoms with E-state index in [1.807, 2.05) is 19.0 Å². The summed E-state index contributed by atoms with van der Waals surface area (Å²) in [5.41, 5.74) is 5.78. The molecule has 1 aromatic heterocycles. The van der Waals surface area contributed by atoms with Crippen molar-refractivity contribution in [3.05, 3.63) is 0 Å². The molecule has 8 heteroatoms. The fraction of sp³-hybridized carbons (Fsp3) is 0.769. The second-order valence-electron chi connectivity index (χ2n) is 5.82. The average Bonchev–Trinajstić information content (AvgIpc) is 2.45. The number of hydrogen-bond donors (Lipinski definition) is 1. The monoisotopic (exact) mass is 294 g/mol. The Morgan fingerprint density at radius 2 is 1.67 bits per heavy atom. The van der Waals surface area contributed by atoms with E-state index in [0.717, 1.165) is 39.3 Å². The third-order valence-corrected chi connectivity index (χ3v) is 3.55. The lowest BCUT2D eigenvalue weighted by molar-refractivity contribution is 0.228. The number of rotatable bonds is 5. The molecule has 0 amide bonds. The van der Waals surface area contributed by atoms with Crippen molar-refractivity contribution in [2.75, 3.05) is 83.0 Å². The maximum absolute atomic E-state index is 5.78. The lowest BCUT2D eigenvalue weighted by Crippen LogP contribution is -2.48. The maximum Gasteiger partial charge on any atom is 0.232 e. The number of nitrogen functional groups attached to an aromatic ring is 1. The summed E-state index contributed by atoms with van der Waals surface area (Å²) in [6.45, 7) is 6.08. The van der Waals surface area contributed by atoms with Crippen LogP contribution in [0.25, 0.3) is 0 Å². The van der Waals surface area contributed by atoms with Crippen LogP contribution in [0.5, 0.6) is 0 Å². The van der Waals surface area contributed by atoms with E-state index in [2.05, 4.69) is 43.7 Å². The average molecular weight is 294 g/mol. The Morgan fingerprint density at radius 1 is 1.00 bits per heavy atom. The van der Waals surface area contributed by atoms with Crippen LogP contribution >= 0.6 is 0 Å². The fourth-order valence-corrected chi connectivity index (χ4v) is 2.22. The molecular formula is C13H26N8. The molecule has 1 fully saturated rings. The van der Waals surface area contributed by atoms with Gasteiger partial charge in [-0.25, -0.2) is 0 Å². The van der Waals surface area contributed by atoms with Crippen molar-refractivity contribution in [3.63, 3.8) is 0 Å². The molecule has 1 saturated heterocycles. The van der Waals surface area contributed by atoms with Crippen LogP contribution in [0.1, 0.15) is 0 Å². The zero-order valence-electron chi connectivity index (χ0n) is 13.5. The third-order valence-electron chi connectivity index (χ3n) is 3.55. The molecule has 8 nitrogen and oxygen atoms in total. The van der Waals surface area contributed by atoms with E-state index in [4.69, 9.17) is 5.73 Å². The van der Waals surface area contributed by atoms with Crippen LogP contribution in [0, 0.1) is 0 Å². The quantitative estimate of drug-likeness (QED) is 0.756. The van der Waals surface area contributed by atoms with Gasteiger partial charge in [0.2, 0.25) is 17.8 Å². The van der Waals surface area contributed by atoms with Gasteiger partial charge in [0, 0.05) is 53.4 Å². The molecule has 0 aliphatic carbocycles. The Balaban J connectivity index is 1.96. The van der Waals surface area contributed by atoms with Crippen LogP contribution in [0.3, 0.4) is 0 Å². The molecule has 0 bridgehead atoms. The molecule has 1 aromatic rings. The number of aromatic nitrogens is 3. The van der Waals surface area contributed by atoms with Crippen LogP contribution in [-0.2, 0) is 0 Å². The van der Waals surface area contributed by atoms with Crippen LogP contribution in [-0.4, -0.2) is 92.2 Å². The molecule has 0 aromatic carbocycles. The molecule has 118 valence electrons. The van der Waals surface area contributed by atoms with Crippen LogP contribution in [0.2, 0.25) is 0 Å². The Bertz CT molecular complexity index is 453. The Hall–Kier alpha value is -1.67. The molecule has 1 aliphatic rings. The summed E-state index contributed by atoms with van der Waals surface area (Å²) in [4.78, 5) is 21.6. The predicted molar refractivity (Wildman–Crippen MR) is 85.8 cm³/mol. The van der Waals surface area contributed by atoms with Gasteiger partial charge < -0.3 is 20.4 Å². The molecule has 2 N–H and O–H groups in total. The standard InChI is InChI=1S/C13H26N8/c1-18(2)5-6-20-7-9-21(10-8-20)13-16-11(14)15-12(17-13)19(3)4/h5-10H2,1-4H3,(H2,14,15,16,17). The summed E-state index contributed by atoms with van der Waals surface area (Å²) in [6, 6.07) is 0. The maximum atomic E-state index is 5.78. The lowest BCUT2D eigenvalue weighted by atomic mass is 10.3. The van der Waals surface area contributed by atoms with Crippen LogP contribution in [0.15, 0.2) is 0 Å². The van der Waals surface area contributed by atoms with E-state index in [1.165, 1.54) is 0 Å². The SMILES string of the molecule is CN(C)CCN1CCN(c2nc(N)nc(N(C)C)n2)CC1. The second kappa shape index (κ2) is 6.86. The van der Waals surface area contributed by atoms with Gasteiger partial charge in [0.1, 0.15) is 0 Å². The Morgan fingerprint density at radius 3 is 2.24 bits per heavy atom. The number of likely N-dealkylation sites (N-methyl/N-ethyl adjacent to an activating group) is 1. The van der Waals surface area contributed by atoms with Gasteiger partial charge in [0.25, 0.3) is 0 Å². The largest absolute Gasteiger partial charge is 0.368 e.